The maximum atomic E-state index is 11.7. The number of carbonyl (C=O) groups excluding carboxylic acids is 1. The van der Waals surface area contributed by atoms with Gasteiger partial charge in [-0.15, -0.1) is 0 Å². The number of unbranched alkanes of at least 4 members (excludes halogenated alkanes) is 2. The van der Waals surface area contributed by atoms with Crippen LogP contribution < -0.4 is 0 Å². The number of ether oxygens (including phenoxy) is 1. The molecule has 0 aromatic heterocycles. The van der Waals surface area contributed by atoms with Crippen LogP contribution in [-0.2, 0) is 4.74 Å². The van der Waals surface area contributed by atoms with Crippen LogP contribution >= 0.6 is 0 Å². The summed E-state index contributed by atoms with van der Waals surface area (Å²) in [7, 11) is 0. The van der Waals surface area contributed by atoms with E-state index in [-0.39, 0.29) is 5.97 Å². The van der Waals surface area contributed by atoms with Gasteiger partial charge in [-0.2, -0.15) is 0 Å². The lowest BCUT2D eigenvalue weighted by molar-refractivity contribution is 0.0498. The van der Waals surface area contributed by atoms with Crippen LogP contribution in [0.15, 0.2) is 66.7 Å². The van der Waals surface area contributed by atoms with Crippen molar-refractivity contribution in [1.82, 2.24) is 0 Å². The summed E-state index contributed by atoms with van der Waals surface area (Å²) in [5.74, 6) is -0.240. The van der Waals surface area contributed by atoms with Gasteiger partial charge in [-0.25, -0.2) is 4.79 Å². The van der Waals surface area contributed by atoms with E-state index in [2.05, 4.69) is 24.3 Å². The number of hydrogen-bond acceptors (Lipinski definition) is 2. The molecule has 2 rings (SSSR count). The largest absolute Gasteiger partial charge is 0.462 e. The lowest BCUT2D eigenvalue weighted by Crippen LogP contribution is -2.05. The van der Waals surface area contributed by atoms with Crippen LogP contribution in [0.2, 0.25) is 0 Å². The first-order valence-electron chi connectivity index (χ1n) is 7.30. The second-order valence-corrected chi connectivity index (χ2v) is 4.81. The Hall–Kier alpha value is -2.35. The summed E-state index contributed by atoms with van der Waals surface area (Å²) >= 11 is 0. The zero-order valence-corrected chi connectivity index (χ0v) is 12.1. The van der Waals surface area contributed by atoms with Crippen molar-refractivity contribution in [3.63, 3.8) is 0 Å². The first-order valence-corrected chi connectivity index (χ1v) is 7.30. The van der Waals surface area contributed by atoms with E-state index < -0.39 is 0 Å². The normalized spacial score (nSPS) is 10.7. The van der Waals surface area contributed by atoms with Gasteiger partial charge in [0.2, 0.25) is 0 Å². The Morgan fingerprint density at radius 1 is 0.905 bits per heavy atom. The number of esters is 1. The van der Waals surface area contributed by atoms with E-state index in [0.717, 1.165) is 19.3 Å². The van der Waals surface area contributed by atoms with Gasteiger partial charge in [-0.3, -0.25) is 0 Å². The van der Waals surface area contributed by atoms with E-state index in [0.29, 0.717) is 12.2 Å². The minimum absolute atomic E-state index is 0.240. The van der Waals surface area contributed by atoms with Crippen molar-refractivity contribution in [2.45, 2.75) is 19.3 Å². The van der Waals surface area contributed by atoms with Crippen LogP contribution in [0.4, 0.5) is 0 Å². The first kappa shape index (κ1) is 15.0. The Morgan fingerprint density at radius 3 is 2.29 bits per heavy atom. The van der Waals surface area contributed by atoms with Gasteiger partial charge in [-0.1, -0.05) is 60.7 Å². The Kier molecular flexibility index (Phi) is 6.27. The number of benzene rings is 2. The van der Waals surface area contributed by atoms with Gasteiger partial charge in [0.25, 0.3) is 0 Å². The molecule has 0 bridgehead atoms. The molecule has 0 fully saturated rings. The standard InChI is InChI=1S/C19H20O2/c20-19(18-14-8-4-9-15-18)21-16-10-2-1-5-11-17-12-6-3-7-13-17/h3-9,11-15H,1-2,10,16H2/b11-5+. The summed E-state index contributed by atoms with van der Waals surface area (Å²) in [6.45, 7) is 0.479. The highest BCUT2D eigenvalue weighted by Crippen LogP contribution is 2.06. The van der Waals surface area contributed by atoms with Crippen molar-refractivity contribution in [1.29, 1.82) is 0 Å². The molecule has 0 amide bonds. The second-order valence-electron chi connectivity index (χ2n) is 4.81. The number of carbonyl (C=O) groups is 1. The number of rotatable bonds is 7. The number of allylic oxidation sites excluding steroid dienone is 1. The molecule has 0 radical (unpaired) electrons. The minimum atomic E-state index is -0.240. The van der Waals surface area contributed by atoms with Gasteiger partial charge in [-0.05, 0) is 37.0 Å². The third kappa shape index (κ3) is 5.65. The Balaban J connectivity index is 1.58. The zero-order valence-electron chi connectivity index (χ0n) is 12.1. The summed E-state index contributed by atoms with van der Waals surface area (Å²) in [5.41, 5.74) is 1.83. The molecule has 2 aromatic rings. The van der Waals surface area contributed by atoms with E-state index in [1.165, 1.54) is 5.56 Å². The molecule has 2 aromatic carbocycles. The van der Waals surface area contributed by atoms with Crippen LogP contribution in [0.3, 0.4) is 0 Å². The summed E-state index contributed by atoms with van der Waals surface area (Å²) in [6, 6.07) is 19.3. The quantitative estimate of drug-likeness (QED) is 0.541. The maximum Gasteiger partial charge on any atom is 0.338 e. The molecule has 2 nitrogen and oxygen atoms in total. The van der Waals surface area contributed by atoms with Gasteiger partial charge in [0.1, 0.15) is 0 Å². The van der Waals surface area contributed by atoms with Crippen LogP contribution in [0.5, 0.6) is 0 Å². The van der Waals surface area contributed by atoms with E-state index >= 15 is 0 Å². The third-order valence-corrected chi connectivity index (χ3v) is 3.12. The van der Waals surface area contributed by atoms with Crippen molar-refractivity contribution < 1.29 is 9.53 Å². The molecule has 21 heavy (non-hydrogen) atoms. The maximum absolute atomic E-state index is 11.7. The van der Waals surface area contributed by atoms with Gasteiger partial charge >= 0.3 is 5.97 Å². The number of hydrogen-bond donors (Lipinski definition) is 0. The van der Waals surface area contributed by atoms with Gasteiger partial charge < -0.3 is 4.74 Å². The Bertz CT molecular complexity index is 559. The monoisotopic (exact) mass is 280 g/mol. The average molecular weight is 280 g/mol. The summed E-state index contributed by atoms with van der Waals surface area (Å²) in [4.78, 5) is 11.7. The Morgan fingerprint density at radius 2 is 1.57 bits per heavy atom. The minimum Gasteiger partial charge on any atom is -0.462 e. The van der Waals surface area contributed by atoms with E-state index in [4.69, 9.17) is 4.74 Å². The van der Waals surface area contributed by atoms with Gasteiger partial charge in [0, 0.05) is 0 Å². The SMILES string of the molecule is O=C(OCCCC/C=C/c1ccccc1)c1ccccc1. The van der Waals surface area contributed by atoms with E-state index in [1.54, 1.807) is 12.1 Å². The molecular weight excluding hydrogens is 260 g/mol. The van der Waals surface area contributed by atoms with Crippen LogP contribution in [0.1, 0.15) is 35.2 Å². The van der Waals surface area contributed by atoms with Crippen molar-refractivity contribution in [2.24, 2.45) is 0 Å². The fourth-order valence-corrected chi connectivity index (χ4v) is 1.97. The molecule has 0 aliphatic heterocycles. The van der Waals surface area contributed by atoms with Gasteiger partial charge in [0.05, 0.1) is 12.2 Å². The van der Waals surface area contributed by atoms with Crippen molar-refractivity contribution in [3.05, 3.63) is 77.9 Å². The van der Waals surface area contributed by atoms with Crippen molar-refractivity contribution in [2.75, 3.05) is 6.61 Å². The smallest absolute Gasteiger partial charge is 0.338 e. The lowest BCUT2D eigenvalue weighted by Gasteiger charge is -2.03. The summed E-state index contributed by atoms with van der Waals surface area (Å²) < 4.78 is 5.23. The van der Waals surface area contributed by atoms with Crippen molar-refractivity contribution in [3.8, 4) is 0 Å². The van der Waals surface area contributed by atoms with E-state index in [1.807, 2.05) is 36.4 Å². The third-order valence-electron chi connectivity index (χ3n) is 3.12. The van der Waals surface area contributed by atoms with E-state index in [9.17, 15) is 4.79 Å². The molecule has 0 saturated heterocycles. The topological polar surface area (TPSA) is 26.3 Å². The molecule has 108 valence electrons. The lowest BCUT2D eigenvalue weighted by atomic mass is 10.1. The molecular formula is C19H20O2. The predicted molar refractivity (Wildman–Crippen MR) is 86.1 cm³/mol. The molecule has 2 heteroatoms. The van der Waals surface area contributed by atoms with Crippen molar-refractivity contribution >= 4 is 12.0 Å². The highest BCUT2D eigenvalue weighted by atomic mass is 16.5. The zero-order chi connectivity index (χ0) is 14.8. The molecule has 0 spiro atoms. The molecule has 0 atom stereocenters. The fraction of sp³-hybridized carbons (Fsp3) is 0.211. The molecule has 0 N–H and O–H groups in total. The molecule has 0 saturated carbocycles. The first-order chi connectivity index (χ1) is 10.4. The highest BCUT2D eigenvalue weighted by Gasteiger charge is 2.04. The summed E-state index contributed by atoms with van der Waals surface area (Å²) in [6.07, 6.45) is 7.19. The second kappa shape index (κ2) is 8.75. The summed E-state index contributed by atoms with van der Waals surface area (Å²) in [5, 5.41) is 0. The van der Waals surface area contributed by atoms with Gasteiger partial charge in [0.15, 0.2) is 0 Å². The highest BCUT2D eigenvalue weighted by molar-refractivity contribution is 5.89. The van der Waals surface area contributed by atoms with Crippen LogP contribution in [-0.4, -0.2) is 12.6 Å². The average Bonchev–Trinajstić information content (AvgIpc) is 2.55. The molecule has 0 aliphatic rings. The predicted octanol–water partition coefficient (Wildman–Crippen LogP) is 4.73. The van der Waals surface area contributed by atoms with Crippen LogP contribution in [0.25, 0.3) is 6.08 Å². The molecule has 0 heterocycles. The molecule has 0 aliphatic carbocycles. The molecule has 0 unspecified atom stereocenters. The Labute approximate surface area is 126 Å². The fourth-order valence-electron chi connectivity index (χ4n) is 1.97. The van der Waals surface area contributed by atoms with Crippen LogP contribution in [0, 0.1) is 0 Å².